The molecule has 0 aromatic heterocycles. The Balaban J connectivity index is 1.70. The molecule has 1 amide bonds. The predicted octanol–water partition coefficient (Wildman–Crippen LogP) is 3.87. The number of hydrogen-bond donors (Lipinski definition) is 0. The molecular formula is C22H24N2O5. The molecule has 1 fully saturated rings. The van der Waals surface area contributed by atoms with E-state index in [9.17, 15) is 19.7 Å². The van der Waals surface area contributed by atoms with Gasteiger partial charge in [0.05, 0.1) is 17.1 Å². The van der Waals surface area contributed by atoms with E-state index < -0.39 is 10.9 Å². The van der Waals surface area contributed by atoms with Crippen molar-refractivity contribution in [3.8, 4) is 0 Å². The van der Waals surface area contributed by atoms with Gasteiger partial charge < -0.3 is 9.64 Å². The van der Waals surface area contributed by atoms with Crippen LogP contribution in [0, 0.1) is 16.0 Å². The third-order valence-electron chi connectivity index (χ3n) is 5.16. The van der Waals surface area contributed by atoms with E-state index in [1.165, 1.54) is 17.7 Å². The summed E-state index contributed by atoms with van der Waals surface area (Å²) in [4.78, 5) is 37.3. The zero-order valence-corrected chi connectivity index (χ0v) is 16.4. The molecule has 0 unspecified atom stereocenters. The lowest BCUT2D eigenvalue weighted by Gasteiger charge is -2.32. The maximum atomic E-state index is 12.9. The molecule has 2 aromatic carbocycles. The number of likely N-dealkylation sites (tertiary alicyclic amines) is 1. The first-order valence-corrected chi connectivity index (χ1v) is 9.77. The lowest BCUT2D eigenvalue weighted by Crippen LogP contribution is -2.39. The van der Waals surface area contributed by atoms with E-state index in [4.69, 9.17) is 4.74 Å². The van der Waals surface area contributed by atoms with Crippen LogP contribution >= 0.6 is 0 Å². The minimum absolute atomic E-state index is 0.0170. The number of carbonyl (C=O) groups is 2. The Morgan fingerprint density at radius 1 is 1.10 bits per heavy atom. The van der Waals surface area contributed by atoms with E-state index in [1.54, 1.807) is 11.8 Å². The molecule has 0 saturated carbocycles. The van der Waals surface area contributed by atoms with Gasteiger partial charge in [0.25, 0.3) is 11.6 Å². The Morgan fingerprint density at radius 2 is 1.76 bits per heavy atom. The van der Waals surface area contributed by atoms with Crippen LogP contribution in [-0.4, -0.2) is 41.4 Å². The summed E-state index contributed by atoms with van der Waals surface area (Å²) in [5, 5.41) is 11.2. The summed E-state index contributed by atoms with van der Waals surface area (Å²) in [6.45, 7) is 2.99. The standard InChI is InChI=1S/C22H24N2O5/c1-2-29-22(26)19-13-18(14-20(15-19)24(27)28)21(25)23-10-8-17(9-11-23)12-16-6-4-3-5-7-16/h3-7,13-15,17H,2,8-12H2,1H3. The van der Waals surface area contributed by atoms with Gasteiger partial charge in [0, 0.05) is 30.8 Å². The van der Waals surface area contributed by atoms with Crippen molar-refractivity contribution in [1.82, 2.24) is 4.90 Å². The highest BCUT2D eigenvalue weighted by atomic mass is 16.6. The Labute approximate surface area is 169 Å². The van der Waals surface area contributed by atoms with Crippen LogP contribution in [0.25, 0.3) is 0 Å². The van der Waals surface area contributed by atoms with E-state index >= 15 is 0 Å². The zero-order chi connectivity index (χ0) is 20.8. The number of nitrogens with zero attached hydrogens (tertiary/aromatic N) is 2. The first kappa shape index (κ1) is 20.5. The molecule has 1 aliphatic heterocycles. The van der Waals surface area contributed by atoms with Crippen LogP contribution in [0.2, 0.25) is 0 Å². The minimum Gasteiger partial charge on any atom is -0.462 e. The predicted molar refractivity (Wildman–Crippen MR) is 108 cm³/mol. The second-order valence-corrected chi connectivity index (χ2v) is 7.17. The minimum atomic E-state index is -0.674. The lowest BCUT2D eigenvalue weighted by atomic mass is 9.90. The third-order valence-corrected chi connectivity index (χ3v) is 5.16. The van der Waals surface area contributed by atoms with Gasteiger partial charge >= 0.3 is 5.97 Å². The Bertz CT molecular complexity index is 889. The Morgan fingerprint density at radius 3 is 2.38 bits per heavy atom. The summed E-state index contributed by atoms with van der Waals surface area (Å²) < 4.78 is 4.93. The number of piperidine rings is 1. The van der Waals surface area contributed by atoms with E-state index in [2.05, 4.69) is 12.1 Å². The molecular weight excluding hydrogens is 372 g/mol. The fourth-order valence-corrected chi connectivity index (χ4v) is 3.64. The summed E-state index contributed by atoms with van der Waals surface area (Å²) in [6.07, 6.45) is 2.73. The first-order chi connectivity index (χ1) is 14.0. The van der Waals surface area contributed by atoms with E-state index in [-0.39, 0.29) is 29.3 Å². The number of nitro benzene ring substituents is 1. The number of carbonyl (C=O) groups excluding carboxylic acids is 2. The molecule has 152 valence electrons. The SMILES string of the molecule is CCOC(=O)c1cc(C(=O)N2CCC(Cc3ccccc3)CC2)cc([N+](=O)[O-])c1. The molecule has 0 spiro atoms. The molecule has 7 nitrogen and oxygen atoms in total. The van der Waals surface area contributed by atoms with Gasteiger partial charge in [0.15, 0.2) is 0 Å². The molecule has 0 bridgehead atoms. The molecule has 2 aromatic rings. The van der Waals surface area contributed by atoms with Crippen LogP contribution in [0.1, 0.15) is 46.0 Å². The maximum Gasteiger partial charge on any atom is 0.338 e. The number of hydrogen-bond acceptors (Lipinski definition) is 5. The topological polar surface area (TPSA) is 89.8 Å². The highest BCUT2D eigenvalue weighted by Gasteiger charge is 2.26. The van der Waals surface area contributed by atoms with Crippen molar-refractivity contribution < 1.29 is 19.2 Å². The number of rotatable bonds is 6. The summed E-state index contributed by atoms with van der Waals surface area (Å²) in [5.74, 6) is -0.467. The van der Waals surface area contributed by atoms with Crippen molar-refractivity contribution in [3.63, 3.8) is 0 Å². The largest absolute Gasteiger partial charge is 0.462 e. The summed E-state index contributed by atoms with van der Waals surface area (Å²) in [5.41, 5.74) is 1.15. The van der Waals surface area contributed by atoms with Gasteiger partial charge in [-0.1, -0.05) is 30.3 Å². The molecule has 1 aliphatic rings. The van der Waals surface area contributed by atoms with Crippen molar-refractivity contribution in [2.75, 3.05) is 19.7 Å². The van der Waals surface area contributed by atoms with Gasteiger partial charge in [-0.05, 0) is 43.7 Å². The Hall–Kier alpha value is -3.22. The van der Waals surface area contributed by atoms with Gasteiger partial charge in [-0.15, -0.1) is 0 Å². The second kappa shape index (κ2) is 9.32. The molecule has 0 atom stereocenters. The fraction of sp³-hybridized carbons (Fsp3) is 0.364. The van der Waals surface area contributed by atoms with Gasteiger partial charge in [0.2, 0.25) is 0 Å². The smallest absolute Gasteiger partial charge is 0.338 e. The summed E-state index contributed by atoms with van der Waals surface area (Å²) in [6, 6.07) is 14.0. The van der Waals surface area contributed by atoms with Gasteiger partial charge in [-0.25, -0.2) is 4.79 Å². The van der Waals surface area contributed by atoms with E-state index in [1.807, 2.05) is 18.2 Å². The first-order valence-electron chi connectivity index (χ1n) is 9.77. The van der Waals surface area contributed by atoms with Crippen LogP contribution in [0.5, 0.6) is 0 Å². The number of amides is 1. The van der Waals surface area contributed by atoms with Crippen molar-refractivity contribution in [2.45, 2.75) is 26.2 Å². The van der Waals surface area contributed by atoms with Crippen LogP contribution in [-0.2, 0) is 11.2 Å². The maximum absolute atomic E-state index is 12.9. The number of ether oxygens (including phenoxy) is 1. The normalized spacial score (nSPS) is 14.4. The number of benzene rings is 2. The molecule has 7 heteroatoms. The van der Waals surface area contributed by atoms with Gasteiger partial charge in [-0.3, -0.25) is 14.9 Å². The number of non-ortho nitro benzene ring substituents is 1. The highest BCUT2D eigenvalue weighted by Crippen LogP contribution is 2.25. The van der Waals surface area contributed by atoms with Crippen molar-refractivity contribution in [3.05, 3.63) is 75.3 Å². The average molecular weight is 396 g/mol. The van der Waals surface area contributed by atoms with Crippen molar-refractivity contribution in [2.24, 2.45) is 5.92 Å². The van der Waals surface area contributed by atoms with Crippen LogP contribution in [0.3, 0.4) is 0 Å². The van der Waals surface area contributed by atoms with Crippen molar-refractivity contribution in [1.29, 1.82) is 0 Å². The van der Waals surface area contributed by atoms with E-state index in [0.717, 1.165) is 25.3 Å². The van der Waals surface area contributed by atoms with Crippen LogP contribution in [0.4, 0.5) is 5.69 Å². The summed E-state index contributed by atoms with van der Waals surface area (Å²) >= 11 is 0. The molecule has 29 heavy (non-hydrogen) atoms. The van der Waals surface area contributed by atoms with E-state index in [0.29, 0.717) is 19.0 Å². The zero-order valence-electron chi connectivity index (χ0n) is 16.4. The van der Waals surface area contributed by atoms with Crippen molar-refractivity contribution >= 4 is 17.6 Å². The monoisotopic (exact) mass is 396 g/mol. The molecule has 0 aliphatic carbocycles. The molecule has 0 N–H and O–H groups in total. The highest BCUT2D eigenvalue weighted by molar-refractivity contribution is 5.99. The third kappa shape index (κ3) is 5.19. The van der Waals surface area contributed by atoms with Gasteiger partial charge in [0.1, 0.15) is 0 Å². The van der Waals surface area contributed by atoms with Crippen LogP contribution in [0.15, 0.2) is 48.5 Å². The molecule has 1 saturated heterocycles. The molecule has 0 radical (unpaired) electrons. The van der Waals surface area contributed by atoms with Crippen LogP contribution < -0.4 is 0 Å². The molecule has 1 heterocycles. The average Bonchev–Trinajstić information content (AvgIpc) is 2.74. The number of esters is 1. The quantitative estimate of drug-likeness (QED) is 0.420. The molecule has 3 rings (SSSR count). The second-order valence-electron chi connectivity index (χ2n) is 7.17. The Kier molecular flexibility index (Phi) is 6.59. The summed E-state index contributed by atoms with van der Waals surface area (Å²) in [7, 11) is 0. The number of nitro groups is 1. The fourth-order valence-electron chi connectivity index (χ4n) is 3.64. The lowest BCUT2D eigenvalue weighted by molar-refractivity contribution is -0.384. The van der Waals surface area contributed by atoms with Gasteiger partial charge in [-0.2, -0.15) is 0 Å².